The quantitative estimate of drug-likeness (QED) is 0.523. The Hall–Kier alpha value is -0.920. The van der Waals surface area contributed by atoms with E-state index in [1.54, 1.807) is 24.3 Å². The molecule has 1 N–H and O–H groups in total. The average molecular weight is 491 g/mol. The maximum Gasteiger partial charge on any atom is 0.244 e. The number of rotatable bonds is 3. The van der Waals surface area contributed by atoms with E-state index in [0.29, 0.717) is 10.7 Å². The number of benzene rings is 1. The number of imide groups is 1. The third-order valence-electron chi connectivity index (χ3n) is 5.49. The van der Waals surface area contributed by atoms with Gasteiger partial charge in [0.2, 0.25) is 17.7 Å². The third kappa shape index (κ3) is 2.75. The van der Waals surface area contributed by atoms with E-state index in [1.807, 2.05) is 0 Å². The molecule has 1 aromatic carbocycles. The van der Waals surface area contributed by atoms with Crippen LogP contribution in [0.4, 0.5) is 5.69 Å². The first-order valence-electron chi connectivity index (χ1n) is 8.07. The molecule has 4 rings (SSSR count). The third-order valence-corrected chi connectivity index (χ3v) is 8.93. The van der Waals surface area contributed by atoms with Crippen molar-refractivity contribution in [3.63, 3.8) is 0 Å². The van der Waals surface area contributed by atoms with Gasteiger partial charge in [0.1, 0.15) is 6.54 Å². The molecule has 0 aromatic heterocycles. The Kier molecular flexibility index (Phi) is 4.45. The van der Waals surface area contributed by atoms with E-state index >= 15 is 0 Å². The number of nitrogens with one attached hydrogen (secondary N) is 1. The summed E-state index contributed by atoms with van der Waals surface area (Å²) in [5.41, 5.74) is 0.540. The molecule has 1 aliphatic heterocycles. The topological polar surface area (TPSA) is 66.5 Å². The van der Waals surface area contributed by atoms with Gasteiger partial charge in [-0.25, -0.2) is 0 Å². The molecular weight excluding hydrogens is 475 g/mol. The molecule has 6 atom stereocenters. The molecule has 132 valence electrons. The number of carbonyl (C=O) groups is 3. The number of halogens is 3. The first kappa shape index (κ1) is 17.5. The molecule has 1 heterocycles. The molecule has 1 aromatic rings. The van der Waals surface area contributed by atoms with Crippen molar-refractivity contribution in [1.29, 1.82) is 0 Å². The van der Waals surface area contributed by atoms with Crippen molar-refractivity contribution in [2.24, 2.45) is 23.7 Å². The van der Waals surface area contributed by atoms with Crippen LogP contribution in [0, 0.1) is 23.7 Å². The fourth-order valence-corrected chi connectivity index (χ4v) is 6.54. The van der Waals surface area contributed by atoms with Crippen LogP contribution in [0.25, 0.3) is 0 Å². The summed E-state index contributed by atoms with van der Waals surface area (Å²) < 4.78 is 0. The molecule has 3 amide bonds. The molecule has 3 fully saturated rings. The Morgan fingerprint density at radius 3 is 2.32 bits per heavy atom. The van der Waals surface area contributed by atoms with Gasteiger partial charge in [0, 0.05) is 20.4 Å². The smallest absolute Gasteiger partial charge is 0.244 e. The number of fused-ring (bicyclic) bond motifs is 5. The van der Waals surface area contributed by atoms with Crippen LogP contribution in [0.3, 0.4) is 0 Å². The molecule has 0 spiro atoms. The van der Waals surface area contributed by atoms with Gasteiger partial charge < -0.3 is 5.32 Å². The molecule has 1 saturated heterocycles. The summed E-state index contributed by atoms with van der Waals surface area (Å²) >= 11 is 13.2. The lowest BCUT2D eigenvalue weighted by Crippen LogP contribution is -2.39. The van der Waals surface area contributed by atoms with Crippen molar-refractivity contribution in [2.45, 2.75) is 16.1 Å². The predicted molar refractivity (Wildman–Crippen MR) is 101 cm³/mol. The van der Waals surface area contributed by atoms with Gasteiger partial charge in [0.15, 0.2) is 0 Å². The highest BCUT2D eigenvalue weighted by Crippen LogP contribution is 2.60. The summed E-state index contributed by atoms with van der Waals surface area (Å²) in [6.07, 6.45) is 0.876. The van der Waals surface area contributed by atoms with Crippen molar-refractivity contribution < 1.29 is 14.4 Å². The minimum Gasteiger partial charge on any atom is -0.324 e. The summed E-state index contributed by atoms with van der Waals surface area (Å²) in [6.45, 7) is -0.253. The Bertz CT molecular complexity index is 742. The zero-order valence-electron chi connectivity index (χ0n) is 13.0. The van der Waals surface area contributed by atoms with Crippen molar-refractivity contribution in [2.75, 3.05) is 11.9 Å². The first-order valence-corrected chi connectivity index (χ1v) is 10.3. The maximum atomic E-state index is 12.7. The van der Waals surface area contributed by atoms with E-state index < -0.39 is 5.91 Å². The van der Waals surface area contributed by atoms with E-state index in [-0.39, 0.29) is 51.7 Å². The predicted octanol–water partition coefficient (Wildman–Crippen LogP) is 3.06. The number of hydrogen-bond acceptors (Lipinski definition) is 3. The number of nitrogens with zero attached hydrogens (tertiary/aromatic N) is 1. The van der Waals surface area contributed by atoms with Gasteiger partial charge in [-0.3, -0.25) is 19.3 Å². The van der Waals surface area contributed by atoms with E-state index in [9.17, 15) is 14.4 Å². The number of anilines is 1. The summed E-state index contributed by atoms with van der Waals surface area (Å²) in [4.78, 5) is 39.3. The van der Waals surface area contributed by atoms with Gasteiger partial charge in [-0.15, -0.1) is 0 Å². The zero-order valence-corrected chi connectivity index (χ0v) is 16.9. The average Bonchev–Trinajstić information content (AvgIpc) is 3.15. The van der Waals surface area contributed by atoms with Crippen LogP contribution < -0.4 is 5.32 Å². The maximum absolute atomic E-state index is 12.7. The van der Waals surface area contributed by atoms with E-state index in [0.717, 1.165) is 11.3 Å². The molecule has 2 saturated carbocycles. The Morgan fingerprint density at radius 2 is 1.76 bits per heavy atom. The highest BCUT2D eigenvalue weighted by Gasteiger charge is 2.66. The van der Waals surface area contributed by atoms with Crippen LogP contribution in [-0.4, -0.2) is 38.8 Å². The minimum atomic E-state index is -0.401. The second-order valence-electron chi connectivity index (χ2n) is 6.82. The van der Waals surface area contributed by atoms with Crippen LogP contribution in [-0.2, 0) is 14.4 Å². The molecule has 5 nitrogen and oxygen atoms in total. The molecule has 2 bridgehead atoms. The van der Waals surface area contributed by atoms with Gasteiger partial charge >= 0.3 is 0 Å². The molecule has 25 heavy (non-hydrogen) atoms. The van der Waals surface area contributed by atoms with Crippen molar-refractivity contribution in [3.8, 4) is 0 Å². The van der Waals surface area contributed by atoms with Crippen LogP contribution in [0.2, 0.25) is 5.02 Å². The van der Waals surface area contributed by atoms with Crippen LogP contribution >= 0.6 is 43.5 Å². The summed E-state index contributed by atoms with van der Waals surface area (Å²) in [5.74, 6) is -1.12. The summed E-state index contributed by atoms with van der Waals surface area (Å²) in [7, 11) is 0. The second-order valence-corrected chi connectivity index (χ2v) is 9.38. The number of carbonyl (C=O) groups excluding carboxylic acids is 3. The number of alkyl halides is 2. The van der Waals surface area contributed by atoms with Gasteiger partial charge in [0.25, 0.3) is 0 Å². The van der Waals surface area contributed by atoms with Gasteiger partial charge in [0.05, 0.1) is 11.8 Å². The Labute approximate surface area is 166 Å². The number of likely N-dealkylation sites (tertiary alicyclic amines) is 1. The van der Waals surface area contributed by atoms with Gasteiger partial charge in [-0.2, -0.15) is 0 Å². The molecule has 8 heteroatoms. The summed E-state index contributed by atoms with van der Waals surface area (Å²) in [6, 6.07) is 6.75. The normalized spacial score (nSPS) is 36.0. The highest BCUT2D eigenvalue weighted by atomic mass is 79.9. The Morgan fingerprint density at radius 1 is 1.16 bits per heavy atom. The highest BCUT2D eigenvalue weighted by molar-refractivity contribution is 9.12. The fraction of sp³-hybridized carbons (Fsp3) is 0.471. The van der Waals surface area contributed by atoms with Crippen LogP contribution in [0.15, 0.2) is 24.3 Å². The van der Waals surface area contributed by atoms with Gasteiger partial charge in [-0.05, 0) is 36.5 Å². The van der Waals surface area contributed by atoms with E-state index in [4.69, 9.17) is 11.6 Å². The second kappa shape index (κ2) is 6.35. The largest absolute Gasteiger partial charge is 0.324 e. The fourth-order valence-electron chi connectivity index (χ4n) is 4.48. The minimum absolute atomic E-state index is 0.150. The number of amides is 3. The molecule has 0 unspecified atom stereocenters. The molecule has 2 aliphatic carbocycles. The molecule has 3 aliphatic rings. The zero-order chi connectivity index (χ0) is 17.9. The lowest BCUT2D eigenvalue weighted by Gasteiger charge is -2.28. The van der Waals surface area contributed by atoms with Crippen LogP contribution in [0.5, 0.6) is 0 Å². The first-order chi connectivity index (χ1) is 11.9. The van der Waals surface area contributed by atoms with Crippen molar-refractivity contribution in [3.05, 3.63) is 29.3 Å². The van der Waals surface area contributed by atoms with E-state index in [2.05, 4.69) is 37.2 Å². The standard InChI is InChI=1S/C17H15Br2ClN2O3/c18-14-9-5-10(15(14)19)13-12(9)16(24)22(17(13)25)6-11(23)21-8-3-1-2-7(20)4-8/h1-4,9-10,12-15H,5-6H2,(H,21,23)/t9-,10-,12-,13-,14+,15+/m1/s1. The van der Waals surface area contributed by atoms with Crippen molar-refractivity contribution >= 4 is 66.9 Å². The van der Waals surface area contributed by atoms with E-state index in [1.165, 1.54) is 0 Å². The number of hydrogen-bond donors (Lipinski definition) is 1. The van der Waals surface area contributed by atoms with Gasteiger partial charge in [-0.1, -0.05) is 49.5 Å². The molecular formula is C17H15Br2ClN2O3. The van der Waals surface area contributed by atoms with Crippen molar-refractivity contribution in [1.82, 2.24) is 4.90 Å². The lowest BCUT2D eigenvalue weighted by molar-refractivity contribution is -0.143. The van der Waals surface area contributed by atoms with Crippen LogP contribution in [0.1, 0.15) is 6.42 Å². The summed E-state index contributed by atoms with van der Waals surface area (Å²) in [5, 5.41) is 3.19. The SMILES string of the molecule is O=C(CN1C(=O)[C@@H]2[C@H]3C[C@@H]([C@H](Br)[C@H]3Br)[C@H]2C1=O)Nc1cccc(Cl)c1. The Balaban J connectivity index is 1.48. The molecule has 0 radical (unpaired) electrons. The lowest BCUT2D eigenvalue weighted by atomic mass is 9.81. The monoisotopic (exact) mass is 488 g/mol.